The summed E-state index contributed by atoms with van der Waals surface area (Å²) in [5, 5.41) is 36.8. The molecule has 5 aromatic rings. The smallest absolute Gasteiger partial charge is 0.205 e. The molecule has 2 N–H and O–H groups in total. The molecule has 3 aromatic carbocycles. The zero-order valence-electron chi connectivity index (χ0n) is 23.5. The molecule has 204 valence electrons. The van der Waals surface area contributed by atoms with E-state index < -0.39 is 0 Å². The van der Waals surface area contributed by atoms with Gasteiger partial charge in [0.15, 0.2) is 5.57 Å². The van der Waals surface area contributed by atoms with Crippen LogP contribution in [0.3, 0.4) is 0 Å². The largest absolute Gasteiger partial charge is 0.363 e. The van der Waals surface area contributed by atoms with Crippen LogP contribution in [0.15, 0.2) is 72.1 Å². The van der Waals surface area contributed by atoms with Crippen molar-refractivity contribution in [2.75, 3.05) is 19.4 Å². The van der Waals surface area contributed by atoms with Crippen LogP contribution in [0, 0.1) is 29.6 Å². The lowest BCUT2D eigenvalue weighted by Crippen LogP contribution is -2.20. The molecule has 0 saturated carbocycles. The maximum absolute atomic E-state index is 9.45. The van der Waals surface area contributed by atoms with Crippen molar-refractivity contribution in [3.63, 3.8) is 0 Å². The average Bonchev–Trinajstić information content (AvgIpc) is 3.63. The van der Waals surface area contributed by atoms with Crippen molar-refractivity contribution in [2.24, 2.45) is 0 Å². The summed E-state index contributed by atoms with van der Waals surface area (Å²) in [5.41, 5.74) is 7.93. The molecule has 5 rings (SSSR count). The molecule has 0 amide bonds. The predicted octanol–water partition coefficient (Wildman–Crippen LogP) is 5.42. The monoisotopic (exact) mass is 542 g/mol. The fraction of sp³-hybridized carbons (Fsp3) is 0.226. The standard InChI is InChI=1S/C31H30N10/c1-5-8-28-35-29-20(2)15-24(34-31(40(3)4)23(17-32)18-33)16-27(29)41(28)19-21-11-13-22(14-12-21)25-9-6-7-10-26(25)30-36-38-39-37-30/h6-7,9-16,34H,5,8,19H2,1-4H3,(H,36,37,38,39). The van der Waals surface area contributed by atoms with Gasteiger partial charge in [-0.1, -0.05) is 55.5 Å². The maximum Gasteiger partial charge on any atom is 0.205 e. The molecule has 41 heavy (non-hydrogen) atoms. The summed E-state index contributed by atoms with van der Waals surface area (Å²) in [6.07, 6.45) is 1.82. The first-order valence-electron chi connectivity index (χ1n) is 13.3. The Hall–Kier alpha value is -5.48. The van der Waals surface area contributed by atoms with Crippen molar-refractivity contribution in [3.8, 4) is 34.7 Å². The van der Waals surface area contributed by atoms with E-state index in [2.05, 4.69) is 67.8 Å². The van der Waals surface area contributed by atoms with Gasteiger partial charge in [-0.05, 0) is 52.9 Å². The molecule has 10 nitrogen and oxygen atoms in total. The number of aromatic nitrogens is 6. The number of hydrogen-bond donors (Lipinski definition) is 2. The number of nitriles is 2. The Kier molecular flexibility index (Phi) is 7.75. The quantitative estimate of drug-likeness (QED) is 0.236. The highest BCUT2D eigenvalue weighted by atomic mass is 15.5. The summed E-state index contributed by atoms with van der Waals surface area (Å²) in [5.74, 6) is 2.03. The van der Waals surface area contributed by atoms with E-state index in [1.807, 2.05) is 49.4 Å². The Morgan fingerprint density at radius 1 is 1.02 bits per heavy atom. The van der Waals surface area contributed by atoms with Gasteiger partial charge in [0.1, 0.15) is 23.8 Å². The highest BCUT2D eigenvalue weighted by Crippen LogP contribution is 2.31. The van der Waals surface area contributed by atoms with E-state index in [1.165, 1.54) is 0 Å². The van der Waals surface area contributed by atoms with Crippen molar-refractivity contribution in [2.45, 2.75) is 33.2 Å². The number of rotatable bonds is 9. The Balaban J connectivity index is 1.52. The summed E-state index contributed by atoms with van der Waals surface area (Å²) >= 11 is 0. The van der Waals surface area contributed by atoms with Crippen LogP contribution in [0.25, 0.3) is 33.5 Å². The number of aromatic amines is 1. The van der Waals surface area contributed by atoms with Crippen molar-refractivity contribution < 1.29 is 0 Å². The van der Waals surface area contributed by atoms with E-state index in [9.17, 15) is 10.5 Å². The van der Waals surface area contributed by atoms with Crippen LogP contribution < -0.4 is 5.32 Å². The van der Waals surface area contributed by atoms with Gasteiger partial charge in [0.25, 0.3) is 0 Å². The van der Waals surface area contributed by atoms with Gasteiger partial charge in [0.05, 0.1) is 11.0 Å². The van der Waals surface area contributed by atoms with Crippen LogP contribution >= 0.6 is 0 Å². The van der Waals surface area contributed by atoms with Gasteiger partial charge in [-0.3, -0.25) is 0 Å². The van der Waals surface area contributed by atoms with Gasteiger partial charge in [-0.2, -0.15) is 15.7 Å². The van der Waals surface area contributed by atoms with Gasteiger partial charge in [0, 0.05) is 38.3 Å². The predicted molar refractivity (Wildman–Crippen MR) is 158 cm³/mol. The number of tetrazole rings is 1. The van der Waals surface area contributed by atoms with E-state index >= 15 is 0 Å². The number of anilines is 1. The number of aryl methyl sites for hydroxylation is 2. The second-order valence-corrected chi connectivity index (χ2v) is 9.97. The number of imidazole rings is 1. The molecule has 10 heteroatoms. The normalized spacial score (nSPS) is 10.7. The third-order valence-corrected chi connectivity index (χ3v) is 6.89. The highest BCUT2D eigenvalue weighted by Gasteiger charge is 2.17. The second-order valence-electron chi connectivity index (χ2n) is 9.97. The lowest BCUT2D eigenvalue weighted by atomic mass is 9.98. The van der Waals surface area contributed by atoms with Crippen LogP contribution in [0.4, 0.5) is 5.69 Å². The molecule has 2 heterocycles. The zero-order chi connectivity index (χ0) is 28.9. The summed E-state index contributed by atoms with van der Waals surface area (Å²) in [4.78, 5) is 6.75. The summed E-state index contributed by atoms with van der Waals surface area (Å²) < 4.78 is 2.26. The lowest BCUT2D eigenvalue weighted by Gasteiger charge is -2.19. The van der Waals surface area contributed by atoms with Crippen molar-refractivity contribution in [3.05, 3.63) is 89.0 Å². The first-order valence-corrected chi connectivity index (χ1v) is 13.3. The van der Waals surface area contributed by atoms with Crippen LogP contribution in [-0.4, -0.2) is 49.2 Å². The lowest BCUT2D eigenvalue weighted by molar-refractivity contribution is 0.516. The van der Waals surface area contributed by atoms with E-state index in [1.54, 1.807) is 19.0 Å². The van der Waals surface area contributed by atoms with Gasteiger partial charge in [-0.25, -0.2) is 4.98 Å². The molecule has 0 saturated heterocycles. The zero-order valence-corrected chi connectivity index (χ0v) is 23.5. The second kappa shape index (κ2) is 11.7. The number of allylic oxidation sites excluding steroid dienone is 1. The molecular formula is C31H30N10. The molecule has 0 atom stereocenters. The van der Waals surface area contributed by atoms with Crippen molar-refractivity contribution >= 4 is 16.7 Å². The van der Waals surface area contributed by atoms with Crippen molar-refractivity contribution in [1.82, 2.24) is 35.1 Å². The third-order valence-electron chi connectivity index (χ3n) is 6.89. The van der Waals surface area contributed by atoms with E-state index in [0.717, 1.165) is 63.2 Å². The minimum atomic E-state index is 0.0222. The number of fused-ring (bicyclic) bond motifs is 1. The third kappa shape index (κ3) is 5.49. The van der Waals surface area contributed by atoms with Crippen LogP contribution in [0.1, 0.15) is 30.3 Å². The molecular weight excluding hydrogens is 512 g/mol. The van der Waals surface area contributed by atoms with Gasteiger partial charge in [-0.15, -0.1) is 10.2 Å². The summed E-state index contributed by atoms with van der Waals surface area (Å²) in [6.45, 7) is 4.84. The Bertz CT molecular complexity index is 1780. The summed E-state index contributed by atoms with van der Waals surface area (Å²) in [6, 6.07) is 24.5. The molecule has 0 aliphatic heterocycles. The van der Waals surface area contributed by atoms with Gasteiger partial charge in [0.2, 0.25) is 5.82 Å². The minimum Gasteiger partial charge on any atom is -0.363 e. The Labute approximate surface area is 238 Å². The molecule has 0 aliphatic rings. The molecule has 0 spiro atoms. The number of H-pyrrole nitrogens is 1. The maximum atomic E-state index is 9.45. The molecule has 0 radical (unpaired) electrons. The van der Waals surface area contributed by atoms with Crippen LogP contribution in [0.2, 0.25) is 0 Å². The SMILES string of the molecule is CCCc1nc2c(C)cc(NC(=C(C#N)C#N)N(C)C)cc2n1Cc1ccc(-c2ccccc2-c2nn[nH]n2)cc1. The first-order chi connectivity index (χ1) is 19.9. The Morgan fingerprint density at radius 2 is 1.76 bits per heavy atom. The average molecular weight is 543 g/mol. The first kappa shape index (κ1) is 27.1. The van der Waals surface area contributed by atoms with Crippen molar-refractivity contribution in [1.29, 1.82) is 10.5 Å². The van der Waals surface area contributed by atoms with Gasteiger partial charge < -0.3 is 14.8 Å². The fourth-order valence-corrected chi connectivity index (χ4v) is 4.95. The van der Waals surface area contributed by atoms with E-state index in [0.29, 0.717) is 18.2 Å². The molecule has 0 bridgehead atoms. The van der Waals surface area contributed by atoms with Gasteiger partial charge >= 0.3 is 0 Å². The fourth-order valence-electron chi connectivity index (χ4n) is 4.95. The van der Waals surface area contributed by atoms with Crippen LogP contribution in [0.5, 0.6) is 0 Å². The van der Waals surface area contributed by atoms with E-state index in [-0.39, 0.29) is 5.57 Å². The Morgan fingerprint density at radius 3 is 2.39 bits per heavy atom. The molecule has 0 fully saturated rings. The number of nitrogens with zero attached hydrogens (tertiary/aromatic N) is 8. The topological polar surface area (TPSA) is 135 Å². The minimum absolute atomic E-state index is 0.0222. The number of nitrogens with one attached hydrogen (secondary N) is 2. The van der Waals surface area contributed by atoms with E-state index in [4.69, 9.17) is 4.98 Å². The van der Waals surface area contributed by atoms with Crippen LogP contribution in [-0.2, 0) is 13.0 Å². The summed E-state index contributed by atoms with van der Waals surface area (Å²) in [7, 11) is 3.60. The number of benzene rings is 3. The molecule has 0 aliphatic carbocycles. The molecule has 2 aromatic heterocycles. The number of hydrogen-bond acceptors (Lipinski definition) is 8. The molecule has 0 unspecified atom stereocenters. The highest BCUT2D eigenvalue weighted by molar-refractivity contribution is 5.84.